The van der Waals surface area contributed by atoms with Gasteiger partial charge < -0.3 is 4.90 Å². The van der Waals surface area contributed by atoms with Gasteiger partial charge in [0.1, 0.15) is 5.82 Å². The van der Waals surface area contributed by atoms with E-state index in [-0.39, 0.29) is 0 Å². The highest BCUT2D eigenvalue weighted by atomic mass is 15.3. The summed E-state index contributed by atoms with van der Waals surface area (Å²) in [6, 6.07) is 7.81. The van der Waals surface area contributed by atoms with E-state index in [2.05, 4.69) is 34.9 Å². The van der Waals surface area contributed by atoms with Crippen LogP contribution in [-0.4, -0.2) is 42.1 Å². The maximum Gasteiger partial charge on any atom is 0.129 e. The van der Waals surface area contributed by atoms with Gasteiger partial charge in [0.05, 0.1) is 5.52 Å². The normalized spacial score (nSPS) is 22.0. The molecule has 0 N–H and O–H groups in total. The maximum absolute atomic E-state index is 5.02. The molecule has 1 aromatic heterocycles. The van der Waals surface area contributed by atoms with Gasteiger partial charge in [0, 0.05) is 24.5 Å². The highest BCUT2D eigenvalue weighted by Crippen LogP contribution is 2.32. The number of fused-ring (bicyclic) bond motifs is 2. The molecule has 3 heterocycles. The zero-order valence-corrected chi connectivity index (χ0v) is 14.7. The Hall–Kier alpha value is -1.61. The highest BCUT2D eigenvalue weighted by molar-refractivity contribution is 5.86. The number of anilines is 1. The molecule has 126 valence electrons. The molecule has 5 rings (SSSR count). The van der Waals surface area contributed by atoms with E-state index < -0.39 is 0 Å². The Morgan fingerprint density at radius 3 is 2.46 bits per heavy atom. The van der Waals surface area contributed by atoms with E-state index in [1.165, 1.54) is 79.5 Å². The van der Waals surface area contributed by atoms with E-state index >= 15 is 0 Å². The summed E-state index contributed by atoms with van der Waals surface area (Å²) in [5.74, 6) is 1.19. The van der Waals surface area contributed by atoms with Gasteiger partial charge in [-0.1, -0.05) is 6.42 Å². The van der Waals surface area contributed by atoms with Crippen LogP contribution in [0.15, 0.2) is 18.2 Å². The summed E-state index contributed by atoms with van der Waals surface area (Å²) in [5, 5.41) is 1.35. The lowest BCUT2D eigenvalue weighted by atomic mass is 10.0. The molecule has 0 radical (unpaired) electrons. The molecule has 2 fully saturated rings. The van der Waals surface area contributed by atoms with Gasteiger partial charge in [-0.2, -0.15) is 0 Å². The lowest BCUT2D eigenvalue weighted by Gasteiger charge is -2.47. The molecule has 0 spiro atoms. The molecule has 1 aliphatic carbocycles. The number of piperidine rings is 1. The van der Waals surface area contributed by atoms with Crippen molar-refractivity contribution in [1.82, 2.24) is 9.88 Å². The number of hydrogen-bond acceptors (Lipinski definition) is 3. The zero-order valence-electron chi connectivity index (χ0n) is 14.7. The largest absolute Gasteiger partial charge is 0.353 e. The molecule has 2 aliphatic heterocycles. The number of hydrogen-bond donors (Lipinski definition) is 0. The lowest BCUT2D eigenvalue weighted by Crippen LogP contribution is -2.60. The third kappa shape index (κ3) is 2.41. The second-order valence-electron chi connectivity index (χ2n) is 7.94. The molecule has 0 saturated carbocycles. The molecule has 1 aromatic carbocycles. The number of benzene rings is 1. The Labute approximate surface area is 144 Å². The van der Waals surface area contributed by atoms with Crippen LogP contribution in [0.3, 0.4) is 0 Å². The van der Waals surface area contributed by atoms with Crippen molar-refractivity contribution >= 4 is 16.7 Å². The first-order valence-corrected chi connectivity index (χ1v) is 9.70. The van der Waals surface area contributed by atoms with Gasteiger partial charge in [-0.05, 0) is 87.0 Å². The first kappa shape index (κ1) is 14.7. The average molecular weight is 321 g/mol. The number of aromatic nitrogens is 1. The number of aryl methyl sites for hydroxylation is 3. The average Bonchev–Trinajstić information content (AvgIpc) is 3.00. The van der Waals surface area contributed by atoms with Gasteiger partial charge in [-0.15, -0.1) is 0 Å². The van der Waals surface area contributed by atoms with Crippen LogP contribution in [0.2, 0.25) is 0 Å². The molecule has 3 aliphatic rings. The summed E-state index contributed by atoms with van der Waals surface area (Å²) in [6.07, 6.45) is 7.97. The van der Waals surface area contributed by atoms with Crippen molar-refractivity contribution in [2.75, 3.05) is 31.1 Å². The zero-order chi connectivity index (χ0) is 16.1. The minimum absolute atomic E-state index is 0.753. The molecular weight excluding hydrogens is 294 g/mol. The molecule has 3 heteroatoms. The summed E-state index contributed by atoms with van der Waals surface area (Å²) in [4.78, 5) is 10.2. The second-order valence-corrected chi connectivity index (χ2v) is 7.94. The first-order chi connectivity index (χ1) is 11.8. The fraction of sp³-hybridized carbons (Fsp3) is 0.571. The predicted octanol–water partition coefficient (Wildman–Crippen LogP) is 3.71. The number of likely N-dealkylation sites (tertiary alicyclic amines) is 1. The molecule has 2 saturated heterocycles. The summed E-state index contributed by atoms with van der Waals surface area (Å²) in [7, 11) is 0. The quantitative estimate of drug-likeness (QED) is 0.840. The smallest absolute Gasteiger partial charge is 0.129 e. The molecule has 24 heavy (non-hydrogen) atoms. The number of rotatable bonds is 2. The Balaban J connectivity index is 1.39. The highest BCUT2D eigenvalue weighted by Gasteiger charge is 2.33. The van der Waals surface area contributed by atoms with Crippen molar-refractivity contribution in [3.05, 3.63) is 34.9 Å². The van der Waals surface area contributed by atoms with E-state index in [1.807, 2.05) is 0 Å². The Morgan fingerprint density at radius 1 is 0.917 bits per heavy atom. The summed E-state index contributed by atoms with van der Waals surface area (Å²) >= 11 is 0. The van der Waals surface area contributed by atoms with Crippen LogP contribution in [0.5, 0.6) is 0 Å². The minimum Gasteiger partial charge on any atom is -0.353 e. The Morgan fingerprint density at radius 2 is 1.67 bits per heavy atom. The molecular formula is C21H27N3. The molecule has 0 amide bonds. The Bertz CT molecular complexity index is 770. The van der Waals surface area contributed by atoms with Gasteiger partial charge >= 0.3 is 0 Å². The minimum atomic E-state index is 0.753. The number of nitrogens with zero attached hydrogens (tertiary/aromatic N) is 3. The van der Waals surface area contributed by atoms with Crippen LogP contribution in [0, 0.1) is 6.92 Å². The van der Waals surface area contributed by atoms with Crippen molar-refractivity contribution in [3.63, 3.8) is 0 Å². The molecule has 2 aromatic rings. The summed E-state index contributed by atoms with van der Waals surface area (Å²) in [6.45, 7) is 7.16. The predicted molar refractivity (Wildman–Crippen MR) is 99.9 cm³/mol. The van der Waals surface area contributed by atoms with E-state index in [0.717, 1.165) is 19.1 Å². The fourth-order valence-corrected chi connectivity index (χ4v) is 4.77. The molecule has 3 nitrogen and oxygen atoms in total. The third-order valence-electron chi connectivity index (χ3n) is 6.31. The van der Waals surface area contributed by atoms with Crippen molar-refractivity contribution in [2.24, 2.45) is 0 Å². The fourth-order valence-electron chi connectivity index (χ4n) is 4.77. The number of pyridine rings is 1. The van der Waals surface area contributed by atoms with Gasteiger partial charge in [-0.3, -0.25) is 4.90 Å². The SMILES string of the molecule is Cc1cc(N2CC(N3CCCCC3)C2)nc2cc3c(cc12)CCC3. The van der Waals surface area contributed by atoms with Crippen molar-refractivity contribution in [2.45, 2.75) is 51.5 Å². The monoisotopic (exact) mass is 321 g/mol. The molecule has 0 unspecified atom stereocenters. The van der Waals surface area contributed by atoms with Crippen molar-refractivity contribution < 1.29 is 0 Å². The molecule has 0 bridgehead atoms. The van der Waals surface area contributed by atoms with E-state index in [4.69, 9.17) is 4.98 Å². The second kappa shape index (κ2) is 5.73. The third-order valence-corrected chi connectivity index (χ3v) is 6.31. The van der Waals surface area contributed by atoms with E-state index in [1.54, 1.807) is 5.56 Å². The van der Waals surface area contributed by atoms with Crippen molar-refractivity contribution in [1.29, 1.82) is 0 Å². The van der Waals surface area contributed by atoms with E-state index in [9.17, 15) is 0 Å². The van der Waals surface area contributed by atoms with Gasteiger partial charge in [-0.25, -0.2) is 4.98 Å². The summed E-state index contributed by atoms with van der Waals surface area (Å²) in [5.41, 5.74) is 5.66. The van der Waals surface area contributed by atoms with Crippen LogP contribution in [0.1, 0.15) is 42.4 Å². The van der Waals surface area contributed by atoms with Crippen LogP contribution in [0.4, 0.5) is 5.82 Å². The Kier molecular flexibility index (Phi) is 3.51. The van der Waals surface area contributed by atoms with Crippen LogP contribution >= 0.6 is 0 Å². The van der Waals surface area contributed by atoms with Crippen molar-refractivity contribution in [3.8, 4) is 0 Å². The van der Waals surface area contributed by atoms with Gasteiger partial charge in [0.2, 0.25) is 0 Å². The lowest BCUT2D eigenvalue weighted by molar-refractivity contribution is 0.138. The standard InChI is InChI=1S/C21H27N3/c1-15-10-21(24-13-18(14-24)23-8-3-2-4-9-23)22-20-12-17-7-5-6-16(17)11-19(15)20/h10-12,18H,2-9,13-14H2,1H3. The summed E-state index contributed by atoms with van der Waals surface area (Å²) < 4.78 is 0. The molecule has 0 atom stereocenters. The maximum atomic E-state index is 5.02. The van der Waals surface area contributed by atoms with Crippen LogP contribution in [-0.2, 0) is 12.8 Å². The topological polar surface area (TPSA) is 19.4 Å². The van der Waals surface area contributed by atoms with Crippen LogP contribution in [0.25, 0.3) is 10.9 Å². The van der Waals surface area contributed by atoms with Gasteiger partial charge in [0.15, 0.2) is 0 Å². The van der Waals surface area contributed by atoms with Crippen LogP contribution < -0.4 is 4.90 Å². The first-order valence-electron chi connectivity index (χ1n) is 9.70. The van der Waals surface area contributed by atoms with E-state index in [0.29, 0.717) is 0 Å². The van der Waals surface area contributed by atoms with Gasteiger partial charge in [0.25, 0.3) is 0 Å².